The molecule has 0 unspecified atom stereocenters. The summed E-state index contributed by atoms with van der Waals surface area (Å²) in [5.41, 5.74) is 4.17. The van der Waals surface area contributed by atoms with E-state index in [1.807, 2.05) is 13.0 Å². The van der Waals surface area contributed by atoms with Gasteiger partial charge in [-0.05, 0) is 36.6 Å². The lowest BCUT2D eigenvalue weighted by atomic mass is 9.99. The number of nitrogens with zero attached hydrogens (tertiary/aromatic N) is 3. The Bertz CT molecular complexity index is 645. The van der Waals surface area contributed by atoms with Gasteiger partial charge in [-0.3, -0.25) is 15.0 Å². The van der Waals surface area contributed by atoms with E-state index < -0.39 is 0 Å². The minimum atomic E-state index is -0.0545. The summed E-state index contributed by atoms with van der Waals surface area (Å²) in [4.78, 5) is 14.2. The van der Waals surface area contributed by atoms with Crippen LogP contribution in [-0.4, -0.2) is 40.7 Å². The summed E-state index contributed by atoms with van der Waals surface area (Å²) in [7, 11) is 0. The molecule has 0 saturated heterocycles. The van der Waals surface area contributed by atoms with Crippen LogP contribution >= 0.6 is 11.3 Å². The standard InChI is InChI=1S/C15H18N4O2S/c1-2-21-13-4-3-11-5-6-19(8-12(11)7-13)9-14(20)17-15-18-16-10-22-15/h3-4,7,10H,2,5-6,8-9H2,1H3,(H,17,18,20). The first-order chi connectivity index (χ1) is 10.7. The number of ether oxygens (including phenoxy) is 1. The highest BCUT2D eigenvalue weighted by Crippen LogP contribution is 2.24. The molecule has 1 aliphatic rings. The summed E-state index contributed by atoms with van der Waals surface area (Å²) in [5, 5.41) is 10.8. The van der Waals surface area contributed by atoms with Crippen LogP contribution in [0.3, 0.4) is 0 Å². The Hall–Kier alpha value is -1.99. The Morgan fingerprint density at radius 2 is 2.36 bits per heavy atom. The summed E-state index contributed by atoms with van der Waals surface area (Å²) < 4.78 is 5.55. The summed E-state index contributed by atoms with van der Waals surface area (Å²) in [6, 6.07) is 6.22. The van der Waals surface area contributed by atoms with Crippen molar-refractivity contribution in [3.8, 4) is 5.75 Å². The first-order valence-electron chi connectivity index (χ1n) is 7.27. The predicted molar refractivity (Wildman–Crippen MR) is 85.1 cm³/mol. The third-order valence-electron chi connectivity index (χ3n) is 3.55. The van der Waals surface area contributed by atoms with E-state index in [0.29, 0.717) is 18.3 Å². The van der Waals surface area contributed by atoms with Crippen LogP contribution in [0.2, 0.25) is 0 Å². The van der Waals surface area contributed by atoms with Gasteiger partial charge in [-0.15, -0.1) is 10.2 Å². The largest absolute Gasteiger partial charge is 0.494 e. The minimum Gasteiger partial charge on any atom is -0.494 e. The Kier molecular flexibility index (Phi) is 4.65. The van der Waals surface area contributed by atoms with Gasteiger partial charge in [0.1, 0.15) is 11.3 Å². The fourth-order valence-corrected chi connectivity index (χ4v) is 3.03. The molecule has 0 atom stereocenters. The van der Waals surface area contributed by atoms with E-state index in [1.54, 1.807) is 5.51 Å². The van der Waals surface area contributed by atoms with Crippen LogP contribution in [0.4, 0.5) is 5.13 Å². The Morgan fingerprint density at radius 3 is 3.14 bits per heavy atom. The van der Waals surface area contributed by atoms with E-state index in [0.717, 1.165) is 25.3 Å². The molecule has 7 heteroatoms. The Labute approximate surface area is 133 Å². The van der Waals surface area contributed by atoms with Gasteiger partial charge in [0.2, 0.25) is 11.0 Å². The average molecular weight is 318 g/mol. The number of carbonyl (C=O) groups excluding carboxylic acids is 1. The van der Waals surface area contributed by atoms with Gasteiger partial charge in [0, 0.05) is 13.1 Å². The number of carbonyl (C=O) groups is 1. The normalized spacial score (nSPS) is 14.4. The van der Waals surface area contributed by atoms with E-state index in [4.69, 9.17) is 4.74 Å². The van der Waals surface area contributed by atoms with Gasteiger partial charge >= 0.3 is 0 Å². The molecule has 0 fully saturated rings. The van der Waals surface area contributed by atoms with Gasteiger partial charge in [-0.25, -0.2) is 0 Å². The highest BCUT2D eigenvalue weighted by molar-refractivity contribution is 7.13. The number of anilines is 1. The van der Waals surface area contributed by atoms with Gasteiger partial charge in [0.15, 0.2) is 0 Å². The van der Waals surface area contributed by atoms with Gasteiger partial charge in [-0.1, -0.05) is 17.4 Å². The molecule has 1 aromatic carbocycles. The van der Waals surface area contributed by atoms with Crippen LogP contribution in [-0.2, 0) is 17.8 Å². The van der Waals surface area contributed by atoms with Gasteiger partial charge in [-0.2, -0.15) is 0 Å². The van der Waals surface area contributed by atoms with Crippen molar-refractivity contribution >= 4 is 22.4 Å². The number of rotatable bonds is 5. The maximum Gasteiger partial charge on any atom is 0.240 e. The van der Waals surface area contributed by atoms with Crippen LogP contribution < -0.4 is 10.1 Å². The molecule has 0 saturated carbocycles. The smallest absolute Gasteiger partial charge is 0.240 e. The van der Waals surface area contributed by atoms with Crippen LogP contribution in [0.5, 0.6) is 5.75 Å². The lowest BCUT2D eigenvalue weighted by Gasteiger charge is -2.28. The van der Waals surface area contributed by atoms with Crippen LogP contribution in [0.25, 0.3) is 0 Å². The number of nitrogens with one attached hydrogen (secondary N) is 1. The van der Waals surface area contributed by atoms with Crippen LogP contribution in [0.1, 0.15) is 18.1 Å². The molecule has 6 nitrogen and oxygen atoms in total. The molecule has 1 N–H and O–H groups in total. The second kappa shape index (κ2) is 6.85. The highest BCUT2D eigenvalue weighted by Gasteiger charge is 2.19. The molecule has 0 spiro atoms. The first-order valence-corrected chi connectivity index (χ1v) is 8.15. The zero-order valence-corrected chi connectivity index (χ0v) is 13.2. The third kappa shape index (κ3) is 3.61. The quantitative estimate of drug-likeness (QED) is 0.912. The van der Waals surface area contributed by atoms with Crippen molar-refractivity contribution in [3.63, 3.8) is 0 Å². The SMILES string of the molecule is CCOc1ccc2c(c1)CN(CC(=O)Nc1nncs1)CC2. The Morgan fingerprint density at radius 1 is 1.45 bits per heavy atom. The van der Waals surface area contributed by atoms with E-state index in [-0.39, 0.29) is 5.91 Å². The van der Waals surface area contributed by atoms with Crippen molar-refractivity contribution in [2.45, 2.75) is 19.9 Å². The van der Waals surface area contributed by atoms with E-state index in [2.05, 4.69) is 32.5 Å². The Balaban J connectivity index is 1.61. The average Bonchev–Trinajstić information content (AvgIpc) is 3.00. The molecule has 2 heterocycles. The summed E-state index contributed by atoms with van der Waals surface area (Å²) in [6.07, 6.45) is 0.952. The van der Waals surface area contributed by atoms with Gasteiger partial charge in [0.05, 0.1) is 13.2 Å². The lowest BCUT2D eigenvalue weighted by molar-refractivity contribution is -0.117. The third-order valence-corrected chi connectivity index (χ3v) is 4.16. The van der Waals surface area contributed by atoms with Gasteiger partial charge < -0.3 is 4.74 Å². The lowest BCUT2D eigenvalue weighted by Crippen LogP contribution is -2.37. The zero-order chi connectivity index (χ0) is 15.4. The van der Waals surface area contributed by atoms with Crippen LogP contribution in [0.15, 0.2) is 23.7 Å². The molecule has 1 aromatic heterocycles. The van der Waals surface area contributed by atoms with Crippen molar-refractivity contribution < 1.29 is 9.53 Å². The number of hydrogen-bond acceptors (Lipinski definition) is 6. The summed E-state index contributed by atoms with van der Waals surface area (Å²) in [6.45, 7) is 4.64. The zero-order valence-electron chi connectivity index (χ0n) is 12.4. The topological polar surface area (TPSA) is 67.3 Å². The summed E-state index contributed by atoms with van der Waals surface area (Å²) in [5.74, 6) is 0.836. The highest BCUT2D eigenvalue weighted by atomic mass is 32.1. The number of fused-ring (bicyclic) bond motifs is 1. The molecule has 2 aromatic rings. The van der Waals surface area contributed by atoms with Crippen molar-refractivity contribution in [1.29, 1.82) is 0 Å². The van der Waals surface area contributed by atoms with E-state index in [9.17, 15) is 4.79 Å². The fourth-order valence-electron chi connectivity index (χ4n) is 2.57. The molecule has 116 valence electrons. The molecule has 0 radical (unpaired) electrons. The molecule has 3 rings (SSSR count). The molecule has 1 amide bonds. The monoisotopic (exact) mass is 318 g/mol. The van der Waals surface area contributed by atoms with Crippen molar-refractivity contribution in [2.75, 3.05) is 25.0 Å². The minimum absolute atomic E-state index is 0.0545. The number of benzene rings is 1. The van der Waals surface area contributed by atoms with E-state index in [1.165, 1.54) is 22.5 Å². The van der Waals surface area contributed by atoms with Crippen molar-refractivity contribution in [3.05, 3.63) is 34.8 Å². The maximum atomic E-state index is 12.0. The summed E-state index contributed by atoms with van der Waals surface area (Å²) >= 11 is 1.32. The van der Waals surface area contributed by atoms with Crippen LogP contribution in [0, 0.1) is 0 Å². The molecule has 1 aliphatic heterocycles. The number of amides is 1. The maximum absolute atomic E-state index is 12.0. The van der Waals surface area contributed by atoms with Gasteiger partial charge in [0.25, 0.3) is 0 Å². The molecular formula is C15H18N4O2S. The molecular weight excluding hydrogens is 300 g/mol. The molecule has 0 aliphatic carbocycles. The second-order valence-electron chi connectivity index (χ2n) is 5.12. The number of aromatic nitrogens is 2. The number of hydrogen-bond donors (Lipinski definition) is 1. The molecule has 0 bridgehead atoms. The second-order valence-corrected chi connectivity index (χ2v) is 5.95. The molecule has 22 heavy (non-hydrogen) atoms. The predicted octanol–water partition coefficient (Wildman–Crippen LogP) is 1.93. The van der Waals surface area contributed by atoms with Crippen molar-refractivity contribution in [1.82, 2.24) is 15.1 Å². The first kappa shape index (κ1) is 14.9. The fraction of sp³-hybridized carbons (Fsp3) is 0.400. The van der Waals surface area contributed by atoms with Crippen molar-refractivity contribution in [2.24, 2.45) is 0 Å². The van der Waals surface area contributed by atoms with E-state index >= 15 is 0 Å².